The van der Waals surface area contributed by atoms with Crippen LogP contribution in [-0.2, 0) is 11.2 Å². The van der Waals surface area contributed by atoms with Crippen LogP contribution in [0.2, 0.25) is 0 Å². The van der Waals surface area contributed by atoms with Crippen LogP contribution in [0.15, 0.2) is 60.8 Å². The second-order valence-corrected chi connectivity index (χ2v) is 7.54. The molecule has 0 fully saturated rings. The third-order valence-electron chi connectivity index (χ3n) is 5.10. The Morgan fingerprint density at radius 3 is 2.33 bits per heavy atom. The van der Waals surface area contributed by atoms with Gasteiger partial charge in [0, 0.05) is 6.04 Å². The van der Waals surface area contributed by atoms with Gasteiger partial charge in [-0.3, -0.25) is 14.7 Å². The van der Waals surface area contributed by atoms with Crippen molar-refractivity contribution in [1.29, 1.82) is 0 Å². The number of hydrogen-bond donors (Lipinski definition) is 4. The Labute approximate surface area is 174 Å². The van der Waals surface area contributed by atoms with Crippen LogP contribution in [0.5, 0.6) is 0 Å². The number of aliphatic carboxylic acids is 1. The molecule has 0 aliphatic heterocycles. The van der Waals surface area contributed by atoms with Crippen LogP contribution in [0.4, 0.5) is 0 Å². The number of nitrogens with one attached hydrogen (secondary N) is 2. The minimum Gasteiger partial charge on any atom is -0.481 e. The van der Waals surface area contributed by atoms with Gasteiger partial charge in [0.15, 0.2) is 0 Å². The summed E-state index contributed by atoms with van der Waals surface area (Å²) in [5, 5.41) is 31.6. The van der Waals surface area contributed by atoms with Gasteiger partial charge in [0.2, 0.25) is 0 Å². The molecule has 0 bridgehead atoms. The number of aromatic amines is 1. The van der Waals surface area contributed by atoms with E-state index in [1.165, 1.54) is 13.1 Å². The highest BCUT2D eigenvalue weighted by Crippen LogP contribution is 2.26. The number of H-pyrrole nitrogens is 1. The number of nitrogens with zero attached hydrogens (tertiary/aromatic N) is 2. The van der Waals surface area contributed by atoms with Crippen molar-refractivity contribution < 1.29 is 19.8 Å². The van der Waals surface area contributed by atoms with Gasteiger partial charge in [-0.15, -0.1) is 5.10 Å². The first-order valence-corrected chi connectivity index (χ1v) is 9.57. The zero-order valence-corrected chi connectivity index (χ0v) is 16.6. The molecule has 0 aliphatic rings. The maximum Gasteiger partial charge on any atom is 0.311 e. The molecule has 0 saturated carbocycles. The first-order valence-electron chi connectivity index (χ1n) is 9.57. The largest absolute Gasteiger partial charge is 0.481 e. The van der Waals surface area contributed by atoms with Crippen LogP contribution >= 0.6 is 0 Å². The SMILES string of the molecule is CC(CO)(CC(Cc1ccc(-c2ccccc2)cc1)NC(=O)c1cnn[nH]1)C(=O)O. The van der Waals surface area contributed by atoms with Crippen LogP contribution < -0.4 is 5.32 Å². The van der Waals surface area contributed by atoms with Crippen molar-refractivity contribution in [2.45, 2.75) is 25.8 Å². The molecule has 30 heavy (non-hydrogen) atoms. The molecule has 3 aromatic rings. The topological polar surface area (TPSA) is 128 Å². The second kappa shape index (κ2) is 9.32. The fourth-order valence-corrected chi connectivity index (χ4v) is 3.26. The highest BCUT2D eigenvalue weighted by molar-refractivity contribution is 5.92. The Morgan fingerprint density at radius 1 is 1.10 bits per heavy atom. The molecule has 8 heteroatoms. The Morgan fingerprint density at radius 2 is 1.77 bits per heavy atom. The van der Waals surface area contributed by atoms with E-state index in [0.29, 0.717) is 6.42 Å². The van der Waals surface area contributed by atoms with Gasteiger partial charge >= 0.3 is 5.97 Å². The number of carboxylic acid groups (broad SMARTS) is 1. The molecule has 1 aromatic heterocycles. The smallest absolute Gasteiger partial charge is 0.311 e. The van der Waals surface area contributed by atoms with Gasteiger partial charge in [0.1, 0.15) is 5.69 Å². The molecule has 0 aliphatic carbocycles. The lowest BCUT2D eigenvalue weighted by molar-refractivity contribution is -0.151. The maximum absolute atomic E-state index is 12.5. The number of hydrogen-bond acceptors (Lipinski definition) is 5. The molecule has 1 heterocycles. The van der Waals surface area contributed by atoms with Crippen molar-refractivity contribution in [3.05, 3.63) is 72.1 Å². The molecule has 1 amide bonds. The number of amides is 1. The number of aliphatic hydroxyl groups is 1. The predicted molar refractivity (Wildman–Crippen MR) is 111 cm³/mol. The normalized spacial score (nSPS) is 13.9. The minimum absolute atomic E-state index is 0.0621. The fraction of sp³-hybridized carbons (Fsp3) is 0.273. The lowest BCUT2D eigenvalue weighted by Crippen LogP contribution is -2.44. The number of aliphatic hydroxyl groups excluding tert-OH is 1. The van der Waals surface area contributed by atoms with Crippen LogP contribution in [0.3, 0.4) is 0 Å². The highest BCUT2D eigenvalue weighted by atomic mass is 16.4. The average Bonchev–Trinajstić information content (AvgIpc) is 3.30. The number of rotatable bonds is 9. The molecule has 4 N–H and O–H groups in total. The van der Waals surface area contributed by atoms with E-state index in [4.69, 9.17) is 0 Å². The van der Waals surface area contributed by atoms with Gasteiger partial charge in [-0.05, 0) is 36.5 Å². The van der Waals surface area contributed by atoms with Gasteiger partial charge in [-0.1, -0.05) is 59.8 Å². The molecule has 2 unspecified atom stereocenters. The van der Waals surface area contributed by atoms with Gasteiger partial charge in [0.05, 0.1) is 18.2 Å². The lowest BCUT2D eigenvalue weighted by atomic mass is 9.82. The molecule has 3 rings (SSSR count). The summed E-state index contributed by atoms with van der Waals surface area (Å²) in [6.45, 7) is 0.929. The van der Waals surface area contributed by atoms with E-state index in [0.717, 1.165) is 16.7 Å². The zero-order chi connectivity index (χ0) is 21.6. The third-order valence-corrected chi connectivity index (χ3v) is 5.10. The molecule has 2 aromatic carbocycles. The summed E-state index contributed by atoms with van der Waals surface area (Å²) in [5.74, 6) is -1.55. The first kappa shape index (κ1) is 21.2. The van der Waals surface area contributed by atoms with E-state index in [1.54, 1.807) is 0 Å². The average molecular weight is 408 g/mol. The second-order valence-electron chi connectivity index (χ2n) is 7.54. The molecular weight excluding hydrogens is 384 g/mol. The number of carbonyl (C=O) groups excluding carboxylic acids is 1. The van der Waals surface area contributed by atoms with Crippen LogP contribution in [0, 0.1) is 5.41 Å². The molecule has 0 saturated heterocycles. The van der Waals surface area contributed by atoms with Gasteiger partial charge in [-0.25, -0.2) is 0 Å². The molecule has 0 radical (unpaired) electrons. The third kappa shape index (κ3) is 5.09. The number of benzene rings is 2. The van der Waals surface area contributed by atoms with Crippen LogP contribution in [-0.4, -0.2) is 50.1 Å². The Bertz CT molecular complexity index is 974. The van der Waals surface area contributed by atoms with Crippen LogP contribution in [0.25, 0.3) is 11.1 Å². The van der Waals surface area contributed by atoms with Crippen molar-refractivity contribution in [2.24, 2.45) is 5.41 Å². The van der Waals surface area contributed by atoms with E-state index in [1.807, 2.05) is 54.6 Å². The Kier molecular flexibility index (Phi) is 6.58. The monoisotopic (exact) mass is 408 g/mol. The number of carboxylic acids is 1. The minimum atomic E-state index is -1.38. The van der Waals surface area contributed by atoms with E-state index in [9.17, 15) is 19.8 Å². The standard InChI is InChI=1S/C22H24N4O4/c1-22(14-27,21(29)30)12-18(24-20(28)19-13-23-26-25-19)11-15-7-9-17(10-8-15)16-5-3-2-4-6-16/h2-10,13,18,27H,11-12,14H2,1H3,(H,24,28)(H,29,30)(H,23,25,26). The van der Waals surface area contributed by atoms with Crippen molar-refractivity contribution in [2.75, 3.05) is 6.61 Å². The highest BCUT2D eigenvalue weighted by Gasteiger charge is 2.36. The molecule has 0 spiro atoms. The summed E-state index contributed by atoms with van der Waals surface area (Å²) in [7, 11) is 0. The van der Waals surface area contributed by atoms with Crippen molar-refractivity contribution in [3.8, 4) is 11.1 Å². The summed E-state index contributed by atoms with van der Waals surface area (Å²) < 4.78 is 0. The van der Waals surface area contributed by atoms with Gasteiger partial charge in [-0.2, -0.15) is 0 Å². The first-order chi connectivity index (χ1) is 14.4. The quantitative estimate of drug-likeness (QED) is 0.430. The van der Waals surface area contributed by atoms with Gasteiger partial charge in [0.25, 0.3) is 5.91 Å². The predicted octanol–water partition coefficient (Wildman–Crippen LogP) is 2.29. The summed E-state index contributed by atoms with van der Waals surface area (Å²) in [5.41, 5.74) is 1.90. The van der Waals surface area contributed by atoms with E-state index < -0.39 is 29.9 Å². The van der Waals surface area contributed by atoms with E-state index >= 15 is 0 Å². The Hall–Kier alpha value is -3.52. The lowest BCUT2D eigenvalue weighted by Gasteiger charge is -2.28. The number of aromatic nitrogens is 3. The van der Waals surface area contributed by atoms with Crippen molar-refractivity contribution in [1.82, 2.24) is 20.7 Å². The van der Waals surface area contributed by atoms with Gasteiger partial charge < -0.3 is 15.5 Å². The fourth-order valence-electron chi connectivity index (χ4n) is 3.26. The Balaban J connectivity index is 1.79. The maximum atomic E-state index is 12.5. The van der Waals surface area contributed by atoms with Crippen molar-refractivity contribution >= 4 is 11.9 Å². The summed E-state index contributed by atoms with van der Waals surface area (Å²) in [6.07, 6.45) is 1.77. The van der Waals surface area contributed by atoms with E-state index in [2.05, 4.69) is 20.7 Å². The number of carbonyl (C=O) groups is 2. The molecular formula is C22H24N4O4. The van der Waals surface area contributed by atoms with E-state index in [-0.39, 0.29) is 12.1 Å². The molecule has 8 nitrogen and oxygen atoms in total. The summed E-state index contributed by atoms with van der Waals surface area (Å²) >= 11 is 0. The van der Waals surface area contributed by atoms with Crippen molar-refractivity contribution in [3.63, 3.8) is 0 Å². The molecule has 2 atom stereocenters. The summed E-state index contributed by atoms with van der Waals surface area (Å²) in [6, 6.07) is 17.3. The molecule has 156 valence electrons. The summed E-state index contributed by atoms with van der Waals surface area (Å²) in [4.78, 5) is 24.1. The van der Waals surface area contributed by atoms with Crippen LogP contribution in [0.1, 0.15) is 29.4 Å². The zero-order valence-electron chi connectivity index (χ0n) is 16.6.